The Bertz CT molecular complexity index is 158. The molecular weight excluding hydrogens is 150 g/mol. The second-order valence-corrected chi connectivity index (χ2v) is 4.42. The lowest BCUT2D eigenvalue weighted by atomic mass is 9.85. The SMILES string of the molecule is C[C@H](N)CCC1CC2CCC1O2. The highest BCUT2D eigenvalue weighted by atomic mass is 16.5. The van der Waals surface area contributed by atoms with Crippen molar-refractivity contribution in [2.75, 3.05) is 0 Å². The number of hydrogen-bond donors (Lipinski definition) is 1. The highest BCUT2D eigenvalue weighted by Crippen LogP contribution is 2.40. The first kappa shape index (κ1) is 8.52. The van der Waals surface area contributed by atoms with Gasteiger partial charge in [0.25, 0.3) is 0 Å². The first-order valence-electron chi connectivity index (χ1n) is 5.16. The molecule has 2 bridgehead atoms. The zero-order valence-electron chi connectivity index (χ0n) is 7.83. The lowest BCUT2D eigenvalue weighted by Gasteiger charge is -2.18. The van der Waals surface area contributed by atoms with Crippen molar-refractivity contribution in [2.45, 2.75) is 57.3 Å². The van der Waals surface area contributed by atoms with Crippen LogP contribution in [0, 0.1) is 5.92 Å². The summed E-state index contributed by atoms with van der Waals surface area (Å²) in [6, 6.07) is 0.365. The van der Waals surface area contributed by atoms with Gasteiger partial charge in [0.05, 0.1) is 12.2 Å². The molecule has 12 heavy (non-hydrogen) atoms. The summed E-state index contributed by atoms with van der Waals surface area (Å²) in [5.41, 5.74) is 5.73. The fraction of sp³-hybridized carbons (Fsp3) is 1.00. The molecule has 0 amide bonds. The number of fused-ring (bicyclic) bond motifs is 2. The highest BCUT2D eigenvalue weighted by Gasteiger charge is 2.39. The summed E-state index contributed by atoms with van der Waals surface area (Å²) in [6.07, 6.45) is 7.54. The molecule has 2 fully saturated rings. The minimum Gasteiger partial charge on any atom is -0.375 e. The molecule has 2 nitrogen and oxygen atoms in total. The molecule has 0 radical (unpaired) electrons. The third-order valence-corrected chi connectivity index (χ3v) is 3.22. The van der Waals surface area contributed by atoms with E-state index in [-0.39, 0.29) is 0 Å². The smallest absolute Gasteiger partial charge is 0.0609 e. The third kappa shape index (κ3) is 1.64. The lowest BCUT2D eigenvalue weighted by Crippen LogP contribution is -2.21. The van der Waals surface area contributed by atoms with E-state index in [1.165, 1.54) is 25.7 Å². The maximum Gasteiger partial charge on any atom is 0.0609 e. The molecule has 2 saturated heterocycles. The van der Waals surface area contributed by atoms with Crippen LogP contribution in [0.4, 0.5) is 0 Å². The van der Waals surface area contributed by atoms with Gasteiger partial charge in [-0.25, -0.2) is 0 Å². The Hall–Kier alpha value is -0.0800. The van der Waals surface area contributed by atoms with Crippen molar-refractivity contribution < 1.29 is 4.74 Å². The molecule has 0 spiro atoms. The fourth-order valence-corrected chi connectivity index (χ4v) is 2.52. The highest BCUT2D eigenvalue weighted by molar-refractivity contribution is 4.89. The molecule has 0 aromatic carbocycles. The van der Waals surface area contributed by atoms with Gasteiger partial charge in [0.15, 0.2) is 0 Å². The van der Waals surface area contributed by atoms with Crippen molar-refractivity contribution in [2.24, 2.45) is 11.7 Å². The molecule has 0 aliphatic carbocycles. The molecule has 3 unspecified atom stereocenters. The predicted molar refractivity (Wildman–Crippen MR) is 48.9 cm³/mol. The van der Waals surface area contributed by atoms with Gasteiger partial charge in [-0.1, -0.05) is 0 Å². The van der Waals surface area contributed by atoms with E-state index in [0.29, 0.717) is 18.2 Å². The predicted octanol–water partition coefficient (Wildman–Crippen LogP) is 1.68. The Morgan fingerprint density at radius 2 is 2.33 bits per heavy atom. The van der Waals surface area contributed by atoms with Crippen molar-refractivity contribution in [1.29, 1.82) is 0 Å². The molecule has 0 aromatic heterocycles. The number of hydrogen-bond acceptors (Lipinski definition) is 2. The summed E-state index contributed by atoms with van der Waals surface area (Å²) < 4.78 is 5.78. The van der Waals surface area contributed by atoms with Gasteiger partial charge in [0.2, 0.25) is 0 Å². The minimum atomic E-state index is 0.365. The van der Waals surface area contributed by atoms with Gasteiger partial charge in [-0.2, -0.15) is 0 Å². The summed E-state index contributed by atoms with van der Waals surface area (Å²) in [5, 5.41) is 0. The summed E-state index contributed by atoms with van der Waals surface area (Å²) in [7, 11) is 0. The van der Waals surface area contributed by atoms with Crippen molar-refractivity contribution in [3.63, 3.8) is 0 Å². The van der Waals surface area contributed by atoms with Gasteiger partial charge < -0.3 is 10.5 Å². The van der Waals surface area contributed by atoms with Gasteiger partial charge >= 0.3 is 0 Å². The van der Waals surface area contributed by atoms with Gasteiger partial charge in [-0.15, -0.1) is 0 Å². The summed E-state index contributed by atoms with van der Waals surface area (Å²) >= 11 is 0. The van der Waals surface area contributed by atoms with Crippen LogP contribution in [0.25, 0.3) is 0 Å². The van der Waals surface area contributed by atoms with Crippen LogP contribution in [0.5, 0.6) is 0 Å². The van der Waals surface area contributed by atoms with Crippen LogP contribution < -0.4 is 5.73 Å². The molecule has 0 saturated carbocycles. The molecule has 2 heteroatoms. The molecule has 2 aliphatic heterocycles. The van der Waals surface area contributed by atoms with Crippen LogP contribution in [-0.4, -0.2) is 18.2 Å². The maximum atomic E-state index is 5.78. The first-order valence-corrected chi connectivity index (χ1v) is 5.16. The van der Waals surface area contributed by atoms with E-state index >= 15 is 0 Å². The zero-order valence-corrected chi connectivity index (χ0v) is 7.83. The third-order valence-electron chi connectivity index (χ3n) is 3.22. The van der Waals surface area contributed by atoms with Gasteiger partial charge in [0.1, 0.15) is 0 Å². The van der Waals surface area contributed by atoms with Gasteiger partial charge in [-0.05, 0) is 44.9 Å². The zero-order chi connectivity index (χ0) is 8.55. The average molecular weight is 169 g/mol. The fourth-order valence-electron chi connectivity index (χ4n) is 2.52. The average Bonchev–Trinajstić information content (AvgIpc) is 2.60. The molecule has 2 rings (SSSR count). The minimum absolute atomic E-state index is 0.365. The quantitative estimate of drug-likeness (QED) is 0.697. The molecule has 2 heterocycles. The molecule has 2 aliphatic rings. The van der Waals surface area contributed by atoms with E-state index in [4.69, 9.17) is 10.5 Å². The van der Waals surface area contributed by atoms with E-state index in [2.05, 4.69) is 6.92 Å². The Labute approximate surface area is 74.5 Å². The number of ether oxygens (including phenoxy) is 1. The standard InChI is InChI=1S/C10H19NO/c1-7(11)2-3-8-6-9-4-5-10(8)12-9/h7-10H,2-6,11H2,1H3/t7-,8?,9?,10?/m0/s1. The second-order valence-electron chi connectivity index (χ2n) is 4.42. The number of rotatable bonds is 3. The van der Waals surface area contributed by atoms with Crippen LogP contribution >= 0.6 is 0 Å². The molecule has 0 aromatic rings. The van der Waals surface area contributed by atoms with Crippen LogP contribution in [-0.2, 0) is 4.74 Å². The van der Waals surface area contributed by atoms with Gasteiger partial charge in [0, 0.05) is 6.04 Å². The molecule has 2 N–H and O–H groups in total. The summed E-state index contributed by atoms with van der Waals surface area (Å²) in [5.74, 6) is 0.828. The summed E-state index contributed by atoms with van der Waals surface area (Å²) in [6.45, 7) is 2.09. The largest absolute Gasteiger partial charge is 0.375 e. The van der Waals surface area contributed by atoms with E-state index in [9.17, 15) is 0 Å². The van der Waals surface area contributed by atoms with E-state index < -0.39 is 0 Å². The van der Waals surface area contributed by atoms with Crippen molar-refractivity contribution in [1.82, 2.24) is 0 Å². The molecule has 70 valence electrons. The van der Waals surface area contributed by atoms with Crippen LogP contribution in [0.3, 0.4) is 0 Å². The van der Waals surface area contributed by atoms with Crippen LogP contribution in [0.15, 0.2) is 0 Å². The van der Waals surface area contributed by atoms with Crippen LogP contribution in [0.1, 0.15) is 39.0 Å². The van der Waals surface area contributed by atoms with Crippen molar-refractivity contribution in [3.05, 3.63) is 0 Å². The topological polar surface area (TPSA) is 35.2 Å². The lowest BCUT2D eigenvalue weighted by molar-refractivity contribution is 0.0907. The maximum absolute atomic E-state index is 5.78. The van der Waals surface area contributed by atoms with E-state index in [1.807, 2.05) is 0 Å². The second kappa shape index (κ2) is 3.35. The van der Waals surface area contributed by atoms with Crippen LogP contribution in [0.2, 0.25) is 0 Å². The Morgan fingerprint density at radius 1 is 1.50 bits per heavy atom. The molecule has 4 atom stereocenters. The van der Waals surface area contributed by atoms with E-state index in [1.54, 1.807) is 0 Å². The Morgan fingerprint density at radius 3 is 2.83 bits per heavy atom. The number of nitrogens with two attached hydrogens (primary N) is 1. The monoisotopic (exact) mass is 169 g/mol. The summed E-state index contributed by atoms with van der Waals surface area (Å²) in [4.78, 5) is 0. The Kier molecular flexibility index (Phi) is 2.37. The molecular formula is C10H19NO. The normalized spacial score (nSPS) is 42.0. The van der Waals surface area contributed by atoms with Crippen molar-refractivity contribution >= 4 is 0 Å². The van der Waals surface area contributed by atoms with E-state index in [0.717, 1.165) is 12.3 Å². The van der Waals surface area contributed by atoms with Gasteiger partial charge in [-0.3, -0.25) is 0 Å². The Balaban J connectivity index is 1.76. The first-order chi connectivity index (χ1) is 5.75. The van der Waals surface area contributed by atoms with Crippen molar-refractivity contribution in [3.8, 4) is 0 Å².